The Morgan fingerprint density at radius 2 is 1.00 bits per heavy atom. The lowest BCUT2D eigenvalue weighted by Crippen LogP contribution is -2.59. The van der Waals surface area contributed by atoms with Crippen LogP contribution in [0.4, 0.5) is 0 Å². The van der Waals surface area contributed by atoms with Crippen molar-refractivity contribution in [3.8, 4) is 0 Å². The summed E-state index contributed by atoms with van der Waals surface area (Å²) in [6.45, 7) is 3.41. The molecule has 0 aromatic heterocycles. The zero-order valence-corrected chi connectivity index (χ0v) is 35.6. The average Bonchev–Trinajstić information content (AvgIpc) is 3.19. The Morgan fingerprint density at radius 3 is 1.50 bits per heavy atom. The van der Waals surface area contributed by atoms with Gasteiger partial charge in [-0.25, -0.2) is 0 Å². The molecule has 10 heteroatoms. The van der Waals surface area contributed by atoms with Crippen LogP contribution in [0.1, 0.15) is 200 Å². The summed E-state index contributed by atoms with van der Waals surface area (Å²) in [6, 6.07) is 0. The second kappa shape index (κ2) is 37.5. The highest BCUT2D eigenvalue weighted by Crippen LogP contribution is 2.23. The standard InChI is InChI=1S/C46H84O10/c1-3-5-7-9-11-13-15-17-18-19-20-21-23-25-27-29-31-33-35-42(49)55-39(38-54-46-45(52)44(51)43(50)40(36-47)56-46)37-53-41(48)34-32-30-28-26-24-22-16-14-12-10-8-6-4-2/h13,15,18-19,39-40,43-47,50-52H,3-12,14,16-17,20-38H2,1-2H3/b15-13-,19-18-. The first-order chi connectivity index (χ1) is 27.3. The first-order valence-electron chi connectivity index (χ1n) is 22.9. The Balaban J connectivity index is 2.32. The van der Waals surface area contributed by atoms with Gasteiger partial charge in [0.05, 0.1) is 13.2 Å². The predicted octanol–water partition coefficient (Wildman–Crippen LogP) is 9.72. The zero-order chi connectivity index (χ0) is 40.9. The van der Waals surface area contributed by atoms with Gasteiger partial charge in [-0.3, -0.25) is 9.59 Å². The first-order valence-corrected chi connectivity index (χ1v) is 22.9. The predicted molar refractivity (Wildman–Crippen MR) is 224 cm³/mol. The van der Waals surface area contributed by atoms with Gasteiger partial charge in [-0.2, -0.15) is 0 Å². The number of aliphatic hydroxyl groups is 4. The highest BCUT2D eigenvalue weighted by atomic mass is 16.7. The van der Waals surface area contributed by atoms with Crippen molar-refractivity contribution in [1.29, 1.82) is 0 Å². The number of carbonyl (C=O) groups is 2. The second-order valence-electron chi connectivity index (χ2n) is 15.9. The van der Waals surface area contributed by atoms with Gasteiger partial charge in [-0.05, 0) is 44.9 Å². The number of aliphatic hydroxyl groups excluding tert-OH is 4. The first kappa shape index (κ1) is 52.2. The van der Waals surface area contributed by atoms with E-state index in [4.69, 9.17) is 18.9 Å². The Hall–Kier alpha value is -1.82. The van der Waals surface area contributed by atoms with Crippen molar-refractivity contribution in [3.63, 3.8) is 0 Å². The van der Waals surface area contributed by atoms with E-state index in [1.807, 2.05) is 0 Å². The summed E-state index contributed by atoms with van der Waals surface area (Å²) < 4.78 is 22.2. The molecule has 0 aromatic carbocycles. The van der Waals surface area contributed by atoms with Gasteiger partial charge in [0, 0.05) is 12.8 Å². The van der Waals surface area contributed by atoms with Crippen molar-refractivity contribution >= 4 is 11.9 Å². The third-order valence-corrected chi connectivity index (χ3v) is 10.6. The summed E-state index contributed by atoms with van der Waals surface area (Å²) in [5.41, 5.74) is 0. The number of carbonyl (C=O) groups excluding carboxylic acids is 2. The molecule has 0 spiro atoms. The number of esters is 2. The van der Waals surface area contributed by atoms with Gasteiger partial charge in [0.25, 0.3) is 0 Å². The van der Waals surface area contributed by atoms with Crippen LogP contribution in [0.2, 0.25) is 0 Å². The second-order valence-corrected chi connectivity index (χ2v) is 15.9. The van der Waals surface area contributed by atoms with Crippen molar-refractivity contribution in [3.05, 3.63) is 24.3 Å². The fourth-order valence-corrected chi connectivity index (χ4v) is 6.92. The molecule has 6 atom stereocenters. The molecule has 0 aromatic rings. The van der Waals surface area contributed by atoms with Crippen LogP contribution in [0.15, 0.2) is 24.3 Å². The van der Waals surface area contributed by atoms with Crippen LogP contribution in [0.3, 0.4) is 0 Å². The van der Waals surface area contributed by atoms with Crippen LogP contribution in [-0.2, 0) is 28.5 Å². The van der Waals surface area contributed by atoms with Gasteiger partial charge in [0.1, 0.15) is 31.0 Å². The van der Waals surface area contributed by atoms with E-state index < -0.39 is 49.4 Å². The van der Waals surface area contributed by atoms with Crippen LogP contribution in [-0.4, -0.2) is 89.0 Å². The van der Waals surface area contributed by atoms with Crippen LogP contribution in [0.5, 0.6) is 0 Å². The molecule has 1 rings (SSSR count). The van der Waals surface area contributed by atoms with Gasteiger partial charge in [0.15, 0.2) is 12.4 Å². The number of hydrogen-bond donors (Lipinski definition) is 4. The molecule has 1 fully saturated rings. The van der Waals surface area contributed by atoms with Crippen LogP contribution in [0, 0.1) is 0 Å². The molecule has 0 bridgehead atoms. The number of rotatable bonds is 38. The van der Waals surface area contributed by atoms with E-state index in [-0.39, 0.29) is 32.0 Å². The van der Waals surface area contributed by atoms with E-state index in [1.165, 1.54) is 116 Å². The molecule has 0 saturated carbocycles. The third kappa shape index (κ3) is 28.6. The van der Waals surface area contributed by atoms with E-state index >= 15 is 0 Å². The van der Waals surface area contributed by atoms with Crippen LogP contribution < -0.4 is 0 Å². The molecule has 1 aliphatic heterocycles. The highest BCUT2D eigenvalue weighted by molar-refractivity contribution is 5.70. The van der Waals surface area contributed by atoms with Crippen molar-refractivity contribution in [1.82, 2.24) is 0 Å². The fourth-order valence-electron chi connectivity index (χ4n) is 6.92. The lowest BCUT2D eigenvalue weighted by molar-refractivity contribution is -0.305. The summed E-state index contributed by atoms with van der Waals surface area (Å²) in [5, 5.41) is 40.1. The van der Waals surface area contributed by atoms with Crippen molar-refractivity contribution in [2.24, 2.45) is 0 Å². The van der Waals surface area contributed by atoms with Gasteiger partial charge in [-0.1, -0.05) is 167 Å². The van der Waals surface area contributed by atoms with E-state index in [9.17, 15) is 30.0 Å². The monoisotopic (exact) mass is 797 g/mol. The smallest absolute Gasteiger partial charge is 0.306 e. The molecule has 1 saturated heterocycles. The quantitative estimate of drug-likeness (QED) is 0.0270. The molecule has 0 aliphatic carbocycles. The lowest BCUT2D eigenvalue weighted by Gasteiger charge is -2.39. The molecular weight excluding hydrogens is 712 g/mol. The van der Waals surface area contributed by atoms with Crippen LogP contribution >= 0.6 is 0 Å². The van der Waals surface area contributed by atoms with Gasteiger partial charge in [0.2, 0.25) is 0 Å². The largest absolute Gasteiger partial charge is 0.462 e. The zero-order valence-electron chi connectivity index (χ0n) is 35.6. The van der Waals surface area contributed by atoms with Gasteiger partial charge in [-0.15, -0.1) is 0 Å². The Labute approximate surface area is 341 Å². The van der Waals surface area contributed by atoms with E-state index in [0.717, 1.165) is 51.4 Å². The fraction of sp³-hybridized carbons (Fsp3) is 0.870. The Bertz CT molecular complexity index is 970. The maximum Gasteiger partial charge on any atom is 0.306 e. The normalized spacial score (nSPS) is 20.6. The summed E-state index contributed by atoms with van der Waals surface area (Å²) in [5.74, 6) is -0.809. The third-order valence-electron chi connectivity index (χ3n) is 10.6. The molecule has 0 amide bonds. The summed E-state index contributed by atoms with van der Waals surface area (Å²) in [4.78, 5) is 25.3. The molecule has 1 heterocycles. The molecule has 56 heavy (non-hydrogen) atoms. The minimum Gasteiger partial charge on any atom is -0.462 e. The molecule has 4 N–H and O–H groups in total. The molecule has 10 nitrogen and oxygen atoms in total. The SMILES string of the molecule is CCCCCC/C=C\C/C=C\CCCCCCCCCC(=O)OC(COC(=O)CCCCCCCCCCCCCCC)COC1OC(CO)C(O)C(O)C1O. The van der Waals surface area contributed by atoms with E-state index in [2.05, 4.69) is 38.2 Å². The number of unbranched alkanes of at least 4 members (excludes halogenated alkanes) is 23. The molecule has 6 unspecified atom stereocenters. The van der Waals surface area contributed by atoms with Crippen molar-refractivity contribution in [2.45, 2.75) is 237 Å². The Kier molecular flexibility index (Phi) is 34.9. The van der Waals surface area contributed by atoms with E-state index in [1.54, 1.807) is 0 Å². The number of hydrogen-bond acceptors (Lipinski definition) is 10. The minimum absolute atomic E-state index is 0.217. The van der Waals surface area contributed by atoms with Crippen molar-refractivity contribution < 1.29 is 49.0 Å². The minimum atomic E-state index is -1.59. The van der Waals surface area contributed by atoms with Crippen molar-refractivity contribution in [2.75, 3.05) is 19.8 Å². The van der Waals surface area contributed by atoms with Crippen LogP contribution in [0.25, 0.3) is 0 Å². The average molecular weight is 797 g/mol. The maximum atomic E-state index is 12.8. The van der Waals surface area contributed by atoms with E-state index in [0.29, 0.717) is 6.42 Å². The highest BCUT2D eigenvalue weighted by Gasteiger charge is 2.44. The Morgan fingerprint density at radius 1 is 0.554 bits per heavy atom. The van der Waals surface area contributed by atoms with Gasteiger partial charge >= 0.3 is 11.9 Å². The number of ether oxygens (including phenoxy) is 4. The van der Waals surface area contributed by atoms with Gasteiger partial charge < -0.3 is 39.4 Å². The summed E-state index contributed by atoms with van der Waals surface area (Å²) in [7, 11) is 0. The summed E-state index contributed by atoms with van der Waals surface area (Å²) in [6.07, 6.45) is 33.2. The number of allylic oxidation sites excluding steroid dienone is 4. The molecule has 1 aliphatic rings. The topological polar surface area (TPSA) is 152 Å². The lowest BCUT2D eigenvalue weighted by atomic mass is 9.99. The maximum absolute atomic E-state index is 12.8. The molecule has 328 valence electrons. The molecule has 0 radical (unpaired) electrons. The molecular formula is C46H84O10. The summed E-state index contributed by atoms with van der Waals surface area (Å²) >= 11 is 0.